The normalized spacial score (nSPS) is 13.5. The Morgan fingerprint density at radius 2 is 1.33 bits per heavy atom. The highest BCUT2D eigenvalue weighted by Crippen LogP contribution is 2.60. The molecule has 1 aromatic rings. The van der Waals surface area contributed by atoms with Gasteiger partial charge in [0.15, 0.2) is 4.33 Å². The topological polar surface area (TPSA) is 20.2 Å². The lowest BCUT2D eigenvalue weighted by Gasteiger charge is -2.37. The molecule has 0 aliphatic carbocycles. The smallest absolute Gasteiger partial charge is 0.226 e. The second kappa shape index (κ2) is 7.85. The van der Waals surface area contributed by atoms with Gasteiger partial charge in [0.1, 0.15) is 0 Å². The summed E-state index contributed by atoms with van der Waals surface area (Å²) < 4.78 is -5.91. The maximum Gasteiger partial charge on any atom is 0.226 e. The van der Waals surface area contributed by atoms with Gasteiger partial charge >= 0.3 is 0 Å². The van der Waals surface area contributed by atoms with Crippen molar-refractivity contribution in [2.75, 3.05) is 6.61 Å². The highest BCUT2D eigenvalue weighted by molar-refractivity contribution is 6.78. The zero-order valence-corrected chi connectivity index (χ0v) is 16.0. The lowest BCUT2D eigenvalue weighted by molar-refractivity contribution is 0.284. The van der Waals surface area contributed by atoms with Crippen molar-refractivity contribution in [2.45, 2.75) is 31.7 Å². The third-order valence-corrected chi connectivity index (χ3v) is 6.90. The van der Waals surface area contributed by atoms with Gasteiger partial charge in [-0.1, -0.05) is 105 Å². The van der Waals surface area contributed by atoms with Crippen LogP contribution in [0.3, 0.4) is 0 Å². The molecule has 0 amide bonds. The molecule has 0 atom stereocenters. The third kappa shape index (κ3) is 4.84. The van der Waals surface area contributed by atoms with Crippen LogP contribution in [0.15, 0.2) is 24.3 Å². The Balaban J connectivity index is 2.94. The number of unbranched alkanes of at least 4 members (excludes halogenated alkanes) is 1. The molecule has 21 heavy (non-hydrogen) atoms. The van der Waals surface area contributed by atoms with E-state index in [2.05, 4.69) is 0 Å². The molecule has 120 valence electrons. The van der Waals surface area contributed by atoms with Gasteiger partial charge in [-0.25, -0.2) is 0 Å². The van der Waals surface area contributed by atoms with Crippen molar-refractivity contribution in [3.8, 4) is 0 Å². The predicted octanol–water partition coefficient (Wildman–Crippen LogP) is 6.18. The minimum absolute atomic E-state index is 0.175. The summed E-state index contributed by atoms with van der Waals surface area (Å²) in [5.41, 5.74) is 1.49. The minimum atomic E-state index is -2.07. The van der Waals surface area contributed by atoms with Crippen molar-refractivity contribution >= 4 is 81.2 Å². The van der Waals surface area contributed by atoms with Crippen LogP contribution in [-0.2, 0) is 10.8 Å². The molecule has 8 heteroatoms. The molecule has 0 fully saturated rings. The molecular weight excluding hydrogens is 420 g/mol. The number of alkyl halides is 7. The largest absolute Gasteiger partial charge is 0.396 e. The van der Waals surface area contributed by atoms with Gasteiger partial charge < -0.3 is 5.11 Å². The first kappa shape index (κ1) is 20.3. The molecule has 0 aliphatic heterocycles. The zero-order valence-electron chi connectivity index (χ0n) is 10.7. The second-order valence-corrected chi connectivity index (χ2v) is 9.46. The van der Waals surface area contributed by atoms with E-state index in [1.54, 1.807) is 12.1 Å². The van der Waals surface area contributed by atoms with Crippen LogP contribution in [0.1, 0.15) is 24.0 Å². The van der Waals surface area contributed by atoms with Crippen LogP contribution in [0.2, 0.25) is 0 Å². The van der Waals surface area contributed by atoms with Crippen LogP contribution in [0.25, 0.3) is 0 Å². The molecule has 0 aromatic heterocycles. The average Bonchev–Trinajstić information content (AvgIpc) is 2.38. The van der Waals surface area contributed by atoms with E-state index >= 15 is 0 Å². The van der Waals surface area contributed by atoms with Gasteiger partial charge in [-0.2, -0.15) is 0 Å². The van der Waals surface area contributed by atoms with Crippen molar-refractivity contribution in [3.05, 3.63) is 35.4 Å². The Labute approximate surface area is 159 Å². The summed E-state index contributed by atoms with van der Waals surface area (Å²) >= 11 is 41.8. The lowest BCUT2D eigenvalue weighted by Crippen LogP contribution is -2.45. The molecule has 0 bridgehead atoms. The summed E-state index contributed by atoms with van der Waals surface area (Å²) in [6, 6.07) is 7.05. The lowest BCUT2D eigenvalue weighted by atomic mass is 10.0. The van der Waals surface area contributed by atoms with Crippen LogP contribution < -0.4 is 0 Å². The monoisotopic (exact) mass is 430 g/mol. The molecule has 1 rings (SSSR count). The minimum Gasteiger partial charge on any atom is -0.396 e. The Hall–Kier alpha value is 1.21. The molecule has 0 heterocycles. The maximum absolute atomic E-state index is 8.76. The Morgan fingerprint density at radius 1 is 0.810 bits per heavy atom. The Bertz CT molecular complexity index is 451. The summed E-state index contributed by atoms with van der Waals surface area (Å²) in [5, 5.41) is 8.76. The van der Waals surface area contributed by atoms with Crippen LogP contribution in [0, 0.1) is 0 Å². The first-order valence-electron chi connectivity index (χ1n) is 6.06. The van der Waals surface area contributed by atoms with Crippen LogP contribution in [0.5, 0.6) is 0 Å². The molecule has 0 aliphatic rings. The van der Waals surface area contributed by atoms with Crippen LogP contribution in [0.4, 0.5) is 0 Å². The second-order valence-electron chi connectivity index (χ2n) is 4.52. The van der Waals surface area contributed by atoms with E-state index in [0.717, 1.165) is 24.8 Å². The maximum atomic E-state index is 8.76. The fraction of sp³-hybridized carbons (Fsp3) is 0.538. The number of halogens is 7. The van der Waals surface area contributed by atoms with Gasteiger partial charge in [0.25, 0.3) is 0 Å². The van der Waals surface area contributed by atoms with Gasteiger partial charge in [0.2, 0.25) is 8.13 Å². The first-order chi connectivity index (χ1) is 9.54. The van der Waals surface area contributed by atoms with E-state index in [1.807, 2.05) is 12.1 Å². The number of hydrogen-bond acceptors (Lipinski definition) is 1. The Morgan fingerprint density at radius 3 is 1.76 bits per heavy atom. The summed E-state index contributed by atoms with van der Waals surface area (Å²) in [7, 11) is 0. The fourth-order valence-electron chi connectivity index (χ4n) is 1.68. The SMILES string of the molecule is OCCCCc1ccc(C(Cl)(Cl)C(Cl)(Cl)C(Cl)(Cl)Cl)cc1. The van der Waals surface area contributed by atoms with E-state index in [0.29, 0.717) is 5.56 Å². The first-order valence-corrected chi connectivity index (χ1v) is 8.71. The standard InChI is InChI=1S/C13H13Cl7O/c14-11(15,12(16,17)13(18,19)20)10-6-4-9(5-7-10)3-1-2-8-21/h4-7,21H,1-3,8H2. The van der Waals surface area contributed by atoms with Crippen LogP contribution >= 0.6 is 81.2 Å². The number of aliphatic hydroxyl groups is 1. The molecule has 0 saturated heterocycles. The van der Waals surface area contributed by atoms with Crippen molar-refractivity contribution in [2.24, 2.45) is 0 Å². The highest BCUT2D eigenvalue weighted by Gasteiger charge is 2.60. The summed E-state index contributed by atoms with van der Waals surface area (Å²) in [6.07, 6.45) is 2.46. The molecule has 0 spiro atoms. The van der Waals surface area contributed by atoms with E-state index in [1.165, 1.54) is 0 Å². The zero-order chi connectivity index (χ0) is 16.3. The van der Waals surface area contributed by atoms with Crippen molar-refractivity contribution < 1.29 is 5.11 Å². The molecule has 0 radical (unpaired) electrons. The van der Waals surface area contributed by atoms with E-state index in [4.69, 9.17) is 86.3 Å². The number of aliphatic hydroxyl groups excluding tert-OH is 1. The molecule has 0 saturated carbocycles. The highest BCUT2D eigenvalue weighted by atomic mass is 35.6. The Kier molecular flexibility index (Phi) is 7.58. The van der Waals surface area contributed by atoms with Crippen molar-refractivity contribution in [3.63, 3.8) is 0 Å². The van der Waals surface area contributed by atoms with Gasteiger partial charge in [0.05, 0.1) is 0 Å². The fourth-order valence-corrected chi connectivity index (χ4v) is 3.15. The molecule has 0 unspecified atom stereocenters. The van der Waals surface area contributed by atoms with Crippen molar-refractivity contribution in [1.29, 1.82) is 0 Å². The van der Waals surface area contributed by atoms with Gasteiger partial charge in [-0.3, -0.25) is 0 Å². The predicted molar refractivity (Wildman–Crippen MR) is 94.6 cm³/mol. The average molecular weight is 433 g/mol. The molecule has 1 N–H and O–H groups in total. The molecule has 1 nitrogen and oxygen atoms in total. The van der Waals surface area contributed by atoms with Gasteiger partial charge in [0, 0.05) is 6.61 Å². The van der Waals surface area contributed by atoms with E-state index in [-0.39, 0.29) is 6.61 Å². The number of benzene rings is 1. The summed E-state index contributed by atoms with van der Waals surface area (Å²) in [5.74, 6) is 0. The summed E-state index contributed by atoms with van der Waals surface area (Å²) in [6.45, 7) is 0.175. The van der Waals surface area contributed by atoms with Gasteiger partial charge in [-0.05, 0) is 30.4 Å². The van der Waals surface area contributed by atoms with Gasteiger partial charge in [-0.15, -0.1) is 0 Å². The van der Waals surface area contributed by atoms with E-state index in [9.17, 15) is 0 Å². The quantitative estimate of drug-likeness (QED) is 0.420. The van der Waals surface area contributed by atoms with Crippen LogP contribution in [-0.4, -0.2) is 19.8 Å². The third-order valence-electron chi connectivity index (χ3n) is 2.94. The number of rotatable bonds is 6. The number of aryl methyl sites for hydroxylation is 1. The number of hydrogen-bond donors (Lipinski definition) is 1. The van der Waals surface area contributed by atoms with Crippen molar-refractivity contribution in [1.82, 2.24) is 0 Å². The van der Waals surface area contributed by atoms with E-state index < -0.39 is 12.5 Å². The summed E-state index contributed by atoms with van der Waals surface area (Å²) in [4.78, 5) is 0. The molecular formula is C13H13Cl7O. The molecule has 1 aromatic carbocycles.